The standard InChI is InChI=1S/C18H18N2OS2/c1-3-15(22-13-10-8-12(2)9-11-13)17(21)20-18-19-14-6-4-5-7-16(14)23-18/h4-11,15H,3H2,1-2H3,(H,19,20,21). The molecule has 0 fully saturated rings. The van der Waals surface area contributed by atoms with Crippen molar-refractivity contribution in [3.8, 4) is 0 Å². The van der Waals surface area contributed by atoms with Crippen molar-refractivity contribution in [2.45, 2.75) is 30.4 Å². The molecule has 1 aromatic heterocycles. The molecule has 3 nitrogen and oxygen atoms in total. The molecule has 1 N–H and O–H groups in total. The van der Waals surface area contributed by atoms with Gasteiger partial charge in [-0.1, -0.05) is 48.1 Å². The van der Waals surface area contributed by atoms with Gasteiger partial charge in [-0.3, -0.25) is 4.79 Å². The maximum Gasteiger partial charge on any atom is 0.239 e. The van der Waals surface area contributed by atoms with Crippen molar-refractivity contribution >= 4 is 44.4 Å². The molecule has 5 heteroatoms. The Bertz CT molecular complexity index is 778. The van der Waals surface area contributed by atoms with Gasteiger partial charge in [-0.2, -0.15) is 0 Å². The van der Waals surface area contributed by atoms with Crippen LogP contribution in [0.4, 0.5) is 5.13 Å². The van der Waals surface area contributed by atoms with Gasteiger partial charge in [-0.05, 0) is 37.6 Å². The van der Waals surface area contributed by atoms with E-state index >= 15 is 0 Å². The zero-order chi connectivity index (χ0) is 16.2. The first kappa shape index (κ1) is 16.0. The van der Waals surface area contributed by atoms with E-state index in [0.29, 0.717) is 5.13 Å². The summed E-state index contributed by atoms with van der Waals surface area (Å²) in [7, 11) is 0. The second kappa shape index (κ2) is 7.15. The number of fused-ring (bicyclic) bond motifs is 1. The molecular formula is C18H18N2OS2. The van der Waals surface area contributed by atoms with Crippen LogP contribution in [0.3, 0.4) is 0 Å². The third kappa shape index (κ3) is 3.92. The highest BCUT2D eigenvalue weighted by molar-refractivity contribution is 8.00. The molecule has 0 aliphatic carbocycles. The van der Waals surface area contributed by atoms with Crippen molar-refractivity contribution in [1.29, 1.82) is 0 Å². The van der Waals surface area contributed by atoms with Crippen molar-refractivity contribution in [2.75, 3.05) is 5.32 Å². The van der Waals surface area contributed by atoms with Gasteiger partial charge in [0.25, 0.3) is 0 Å². The van der Waals surface area contributed by atoms with E-state index in [9.17, 15) is 4.79 Å². The summed E-state index contributed by atoms with van der Waals surface area (Å²) in [6.07, 6.45) is 0.773. The number of thioether (sulfide) groups is 1. The molecule has 3 rings (SSSR count). The molecule has 0 aliphatic rings. The van der Waals surface area contributed by atoms with Crippen LogP contribution in [0.15, 0.2) is 53.4 Å². The van der Waals surface area contributed by atoms with Crippen LogP contribution in [-0.4, -0.2) is 16.1 Å². The summed E-state index contributed by atoms with van der Waals surface area (Å²) in [5, 5.41) is 3.51. The minimum atomic E-state index is -0.121. The molecule has 1 unspecified atom stereocenters. The van der Waals surface area contributed by atoms with Crippen molar-refractivity contribution in [3.63, 3.8) is 0 Å². The fourth-order valence-corrected chi connectivity index (χ4v) is 4.04. The van der Waals surface area contributed by atoms with E-state index in [2.05, 4.69) is 41.5 Å². The van der Waals surface area contributed by atoms with E-state index in [4.69, 9.17) is 0 Å². The lowest BCUT2D eigenvalue weighted by molar-refractivity contribution is -0.115. The zero-order valence-electron chi connectivity index (χ0n) is 13.1. The van der Waals surface area contributed by atoms with Gasteiger partial charge < -0.3 is 5.32 Å². The third-order valence-electron chi connectivity index (χ3n) is 3.49. The van der Waals surface area contributed by atoms with Crippen molar-refractivity contribution in [1.82, 2.24) is 4.98 Å². The fraction of sp³-hybridized carbons (Fsp3) is 0.222. The molecule has 0 aliphatic heterocycles. The predicted octanol–water partition coefficient (Wildman–Crippen LogP) is 5.11. The number of anilines is 1. The van der Waals surface area contributed by atoms with Gasteiger partial charge in [0, 0.05) is 4.90 Å². The summed E-state index contributed by atoms with van der Waals surface area (Å²) in [5.41, 5.74) is 2.15. The molecule has 1 heterocycles. The number of para-hydroxylation sites is 1. The van der Waals surface area contributed by atoms with Crippen LogP contribution in [0.1, 0.15) is 18.9 Å². The predicted molar refractivity (Wildman–Crippen MR) is 99.4 cm³/mol. The summed E-state index contributed by atoms with van der Waals surface area (Å²) < 4.78 is 1.09. The van der Waals surface area contributed by atoms with E-state index in [0.717, 1.165) is 21.5 Å². The van der Waals surface area contributed by atoms with Gasteiger partial charge in [0.15, 0.2) is 5.13 Å². The molecule has 0 saturated carbocycles. The smallest absolute Gasteiger partial charge is 0.239 e. The summed E-state index contributed by atoms with van der Waals surface area (Å²) in [6.45, 7) is 4.09. The average molecular weight is 342 g/mol. The summed E-state index contributed by atoms with van der Waals surface area (Å²) in [6, 6.07) is 16.2. The number of aromatic nitrogens is 1. The van der Waals surface area contributed by atoms with E-state index in [1.807, 2.05) is 31.2 Å². The van der Waals surface area contributed by atoms with Crippen molar-refractivity contribution < 1.29 is 4.79 Å². The minimum Gasteiger partial charge on any atom is -0.301 e. The van der Waals surface area contributed by atoms with Gasteiger partial charge in [-0.25, -0.2) is 4.98 Å². The van der Waals surface area contributed by atoms with E-state index in [-0.39, 0.29) is 11.2 Å². The molecule has 118 valence electrons. The number of nitrogens with zero attached hydrogens (tertiary/aromatic N) is 1. The Morgan fingerprint density at radius 2 is 1.96 bits per heavy atom. The molecule has 1 amide bonds. The van der Waals surface area contributed by atoms with Gasteiger partial charge >= 0.3 is 0 Å². The SMILES string of the molecule is CCC(Sc1ccc(C)cc1)C(=O)Nc1nc2ccccc2s1. The summed E-state index contributed by atoms with van der Waals surface area (Å²) in [5.74, 6) is 0.0112. The molecule has 1 atom stereocenters. The maximum atomic E-state index is 12.5. The maximum absolute atomic E-state index is 12.5. The first-order valence-corrected chi connectivity index (χ1v) is 9.25. The Morgan fingerprint density at radius 1 is 1.22 bits per heavy atom. The number of benzene rings is 2. The zero-order valence-corrected chi connectivity index (χ0v) is 14.7. The monoisotopic (exact) mass is 342 g/mol. The lowest BCUT2D eigenvalue weighted by atomic mass is 10.2. The van der Waals surface area contributed by atoms with Crippen molar-refractivity contribution in [3.05, 3.63) is 54.1 Å². The van der Waals surface area contributed by atoms with Crippen LogP contribution < -0.4 is 5.32 Å². The largest absolute Gasteiger partial charge is 0.301 e. The molecule has 2 aromatic carbocycles. The topological polar surface area (TPSA) is 42.0 Å². The van der Waals surface area contributed by atoms with Gasteiger partial charge in [0.2, 0.25) is 5.91 Å². The van der Waals surface area contributed by atoms with Gasteiger partial charge in [0.1, 0.15) is 0 Å². The highest BCUT2D eigenvalue weighted by Crippen LogP contribution is 2.29. The van der Waals surface area contributed by atoms with Crippen LogP contribution in [0.25, 0.3) is 10.2 Å². The molecule has 0 radical (unpaired) electrons. The molecule has 3 aromatic rings. The first-order chi connectivity index (χ1) is 11.2. The number of nitrogens with one attached hydrogen (secondary N) is 1. The molecule has 23 heavy (non-hydrogen) atoms. The number of aryl methyl sites for hydroxylation is 1. The number of rotatable bonds is 5. The second-order valence-electron chi connectivity index (χ2n) is 5.30. The van der Waals surface area contributed by atoms with Crippen LogP contribution in [0.5, 0.6) is 0 Å². The van der Waals surface area contributed by atoms with E-state index in [1.54, 1.807) is 11.8 Å². The fourth-order valence-electron chi connectivity index (χ4n) is 2.21. The number of thiazole rings is 1. The van der Waals surface area contributed by atoms with Crippen LogP contribution in [0, 0.1) is 6.92 Å². The normalized spacial score (nSPS) is 12.3. The number of amides is 1. The summed E-state index contributed by atoms with van der Waals surface area (Å²) in [4.78, 5) is 18.1. The average Bonchev–Trinajstić information content (AvgIpc) is 2.96. The second-order valence-corrected chi connectivity index (χ2v) is 7.61. The number of carbonyl (C=O) groups is 1. The number of hydrogen-bond donors (Lipinski definition) is 1. The molecule has 0 saturated heterocycles. The van der Waals surface area contributed by atoms with E-state index < -0.39 is 0 Å². The minimum absolute atomic E-state index is 0.0112. The lowest BCUT2D eigenvalue weighted by Crippen LogP contribution is -2.24. The number of carbonyl (C=O) groups excluding carboxylic acids is 1. The highest BCUT2D eigenvalue weighted by Gasteiger charge is 2.19. The van der Waals surface area contributed by atoms with Gasteiger partial charge in [0.05, 0.1) is 15.5 Å². The highest BCUT2D eigenvalue weighted by atomic mass is 32.2. The first-order valence-electron chi connectivity index (χ1n) is 7.55. The van der Waals surface area contributed by atoms with Crippen molar-refractivity contribution in [2.24, 2.45) is 0 Å². The Hall–Kier alpha value is -1.85. The van der Waals surface area contributed by atoms with Crippen LogP contribution in [-0.2, 0) is 4.79 Å². The Balaban J connectivity index is 1.70. The molecular weight excluding hydrogens is 324 g/mol. The van der Waals surface area contributed by atoms with Crippen LogP contribution in [0.2, 0.25) is 0 Å². The molecule has 0 bridgehead atoms. The Labute approximate surface area is 144 Å². The quantitative estimate of drug-likeness (QED) is 0.655. The third-order valence-corrected chi connectivity index (χ3v) is 5.81. The van der Waals surface area contributed by atoms with Crippen LogP contribution >= 0.6 is 23.1 Å². The number of hydrogen-bond acceptors (Lipinski definition) is 4. The van der Waals surface area contributed by atoms with Gasteiger partial charge in [-0.15, -0.1) is 11.8 Å². The van der Waals surface area contributed by atoms with E-state index in [1.165, 1.54) is 16.9 Å². The summed E-state index contributed by atoms with van der Waals surface area (Å²) >= 11 is 3.11. The lowest BCUT2D eigenvalue weighted by Gasteiger charge is -2.13. The Morgan fingerprint density at radius 3 is 2.65 bits per heavy atom. The Kier molecular flexibility index (Phi) is 4.98. The molecule has 0 spiro atoms.